The average Bonchev–Trinajstić information content (AvgIpc) is 2.77. The Morgan fingerprint density at radius 3 is 2.94 bits per heavy atom. The van der Waals surface area contributed by atoms with Gasteiger partial charge in [-0.05, 0) is 32.0 Å². The summed E-state index contributed by atoms with van der Waals surface area (Å²) in [6.07, 6.45) is -1.14. The van der Waals surface area contributed by atoms with Crippen molar-refractivity contribution in [2.45, 2.75) is 25.1 Å². The molecule has 2 rings (SSSR count). The fourth-order valence-electron chi connectivity index (χ4n) is 2.38. The van der Waals surface area contributed by atoms with Gasteiger partial charge in [-0.15, -0.1) is 0 Å². The lowest BCUT2D eigenvalue weighted by Crippen LogP contribution is -2.36. The second-order valence-corrected chi connectivity index (χ2v) is 4.44. The third-order valence-corrected chi connectivity index (χ3v) is 3.18. The second-order valence-electron chi connectivity index (χ2n) is 4.44. The molecule has 0 spiro atoms. The van der Waals surface area contributed by atoms with Crippen molar-refractivity contribution in [3.05, 3.63) is 24.0 Å². The standard InChI is InChI=1S/C12H16F3N3/c1-16-8-10-3-2-6-18(10)9-4-5-17-11(7-9)12(13,14)15/h4-5,7,10,16H,2-3,6,8H2,1H3. The summed E-state index contributed by atoms with van der Waals surface area (Å²) in [5.41, 5.74) is -0.217. The first-order valence-electron chi connectivity index (χ1n) is 5.97. The van der Waals surface area contributed by atoms with Crippen LogP contribution in [0.25, 0.3) is 0 Å². The van der Waals surface area contributed by atoms with Crippen LogP contribution in [0.4, 0.5) is 18.9 Å². The Labute approximate surface area is 104 Å². The van der Waals surface area contributed by atoms with Crippen LogP contribution < -0.4 is 10.2 Å². The Kier molecular flexibility index (Phi) is 3.75. The number of nitrogens with one attached hydrogen (secondary N) is 1. The van der Waals surface area contributed by atoms with Crippen LogP contribution in [0.2, 0.25) is 0 Å². The van der Waals surface area contributed by atoms with E-state index in [2.05, 4.69) is 10.3 Å². The van der Waals surface area contributed by atoms with Gasteiger partial charge in [0.1, 0.15) is 5.69 Å². The molecule has 1 aliphatic rings. The van der Waals surface area contributed by atoms with E-state index in [1.807, 2.05) is 11.9 Å². The molecular formula is C12H16F3N3. The summed E-state index contributed by atoms with van der Waals surface area (Å²) in [5, 5.41) is 3.07. The lowest BCUT2D eigenvalue weighted by molar-refractivity contribution is -0.141. The summed E-state index contributed by atoms with van der Waals surface area (Å²) < 4.78 is 37.8. The fourth-order valence-corrected chi connectivity index (χ4v) is 2.38. The summed E-state index contributed by atoms with van der Waals surface area (Å²) in [5.74, 6) is 0. The van der Waals surface area contributed by atoms with Crippen LogP contribution >= 0.6 is 0 Å². The van der Waals surface area contributed by atoms with Gasteiger partial charge >= 0.3 is 6.18 Å². The maximum Gasteiger partial charge on any atom is 0.433 e. The van der Waals surface area contributed by atoms with Gasteiger partial charge in [-0.1, -0.05) is 0 Å². The van der Waals surface area contributed by atoms with E-state index in [1.54, 1.807) is 6.07 Å². The lowest BCUT2D eigenvalue weighted by atomic mass is 10.2. The Balaban J connectivity index is 2.22. The molecule has 0 saturated carbocycles. The first kappa shape index (κ1) is 13.1. The van der Waals surface area contributed by atoms with Gasteiger partial charge in [0.15, 0.2) is 0 Å². The van der Waals surface area contributed by atoms with Crippen LogP contribution in [-0.4, -0.2) is 31.2 Å². The summed E-state index contributed by atoms with van der Waals surface area (Å²) in [6, 6.07) is 3.04. The van der Waals surface area contributed by atoms with Gasteiger partial charge in [0.05, 0.1) is 0 Å². The maximum absolute atomic E-state index is 12.6. The van der Waals surface area contributed by atoms with Crippen molar-refractivity contribution in [2.24, 2.45) is 0 Å². The highest BCUT2D eigenvalue weighted by Crippen LogP contribution is 2.32. The predicted octanol–water partition coefficient (Wildman–Crippen LogP) is 2.29. The molecular weight excluding hydrogens is 243 g/mol. The summed E-state index contributed by atoms with van der Waals surface area (Å²) in [7, 11) is 1.85. The van der Waals surface area contributed by atoms with Crippen LogP contribution in [0.15, 0.2) is 18.3 Å². The van der Waals surface area contributed by atoms with Crippen LogP contribution in [0.5, 0.6) is 0 Å². The molecule has 1 fully saturated rings. The predicted molar refractivity (Wildman–Crippen MR) is 63.5 cm³/mol. The Bertz CT molecular complexity index is 406. The molecule has 0 amide bonds. The van der Waals surface area contributed by atoms with E-state index in [0.29, 0.717) is 5.69 Å². The largest absolute Gasteiger partial charge is 0.433 e. The van der Waals surface area contributed by atoms with Crippen molar-refractivity contribution in [1.82, 2.24) is 10.3 Å². The molecule has 0 aliphatic carbocycles. The van der Waals surface area contributed by atoms with Crippen molar-refractivity contribution in [1.29, 1.82) is 0 Å². The number of pyridine rings is 1. The minimum atomic E-state index is -4.38. The number of hydrogen-bond acceptors (Lipinski definition) is 3. The molecule has 1 aromatic heterocycles. The summed E-state index contributed by atoms with van der Waals surface area (Å²) in [6.45, 7) is 1.58. The highest BCUT2D eigenvalue weighted by atomic mass is 19.4. The smallest absolute Gasteiger partial charge is 0.367 e. The quantitative estimate of drug-likeness (QED) is 0.902. The van der Waals surface area contributed by atoms with Crippen molar-refractivity contribution < 1.29 is 13.2 Å². The number of alkyl halides is 3. The number of likely N-dealkylation sites (N-methyl/N-ethyl adjacent to an activating group) is 1. The molecule has 18 heavy (non-hydrogen) atoms. The zero-order valence-corrected chi connectivity index (χ0v) is 10.2. The summed E-state index contributed by atoms with van der Waals surface area (Å²) >= 11 is 0. The van der Waals surface area contributed by atoms with E-state index < -0.39 is 11.9 Å². The minimum Gasteiger partial charge on any atom is -0.367 e. The van der Waals surface area contributed by atoms with Crippen molar-refractivity contribution >= 4 is 5.69 Å². The number of aromatic nitrogens is 1. The first-order chi connectivity index (χ1) is 8.52. The SMILES string of the molecule is CNCC1CCCN1c1ccnc(C(F)(F)F)c1. The second kappa shape index (κ2) is 5.14. The van der Waals surface area contributed by atoms with Gasteiger partial charge in [-0.3, -0.25) is 4.98 Å². The number of rotatable bonds is 3. The van der Waals surface area contributed by atoms with Crippen LogP contribution in [0.3, 0.4) is 0 Å². The summed E-state index contributed by atoms with van der Waals surface area (Å²) in [4.78, 5) is 5.41. The Hall–Kier alpha value is -1.30. The van der Waals surface area contributed by atoms with Crippen molar-refractivity contribution in [2.75, 3.05) is 25.0 Å². The van der Waals surface area contributed by atoms with E-state index in [-0.39, 0.29) is 6.04 Å². The molecule has 0 radical (unpaired) electrons. The van der Waals surface area contributed by atoms with E-state index in [0.717, 1.165) is 32.0 Å². The van der Waals surface area contributed by atoms with Gasteiger partial charge in [-0.2, -0.15) is 13.2 Å². The van der Waals surface area contributed by atoms with Crippen molar-refractivity contribution in [3.63, 3.8) is 0 Å². The zero-order valence-electron chi connectivity index (χ0n) is 10.2. The van der Waals surface area contributed by atoms with Gasteiger partial charge in [-0.25, -0.2) is 0 Å². The van der Waals surface area contributed by atoms with E-state index in [1.165, 1.54) is 6.20 Å². The molecule has 1 saturated heterocycles. The molecule has 3 nitrogen and oxygen atoms in total. The molecule has 1 aromatic rings. The molecule has 1 N–H and O–H groups in total. The Morgan fingerprint density at radius 1 is 1.50 bits per heavy atom. The first-order valence-corrected chi connectivity index (χ1v) is 5.97. The highest BCUT2D eigenvalue weighted by molar-refractivity contribution is 5.49. The molecule has 1 aliphatic heterocycles. The monoisotopic (exact) mass is 259 g/mol. The van der Waals surface area contributed by atoms with Gasteiger partial charge in [0.2, 0.25) is 0 Å². The van der Waals surface area contributed by atoms with Crippen LogP contribution in [-0.2, 0) is 6.18 Å². The molecule has 2 heterocycles. The van der Waals surface area contributed by atoms with Gasteiger partial charge in [0, 0.05) is 31.0 Å². The zero-order chi connectivity index (χ0) is 13.2. The molecule has 0 bridgehead atoms. The normalized spacial score (nSPS) is 20.4. The molecule has 6 heteroatoms. The van der Waals surface area contributed by atoms with Crippen LogP contribution in [0, 0.1) is 0 Å². The average molecular weight is 259 g/mol. The van der Waals surface area contributed by atoms with Gasteiger partial charge < -0.3 is 10.2 Å². The lowest BCUT2D eigenvalue weighted by Gasteiger charge is -2.27. The highest BCUT2D eigenvalue weighted by Gasteiger charge is 2.33. The number of nitrogens with zero attached hydrogens (tertiary/aromatic N) is 2. The maximum atomic E-state index is 12.6. The van der Waals surface area contributed by atoms with Gasteiger partial charge in [0.25, 0.3) is 0 Å². The Morgan fingerprint density at radius 2 is 2.28 bits per heavy atom. The molecule has 1 atom stereocenters. The van der Waals surface area contributed by atoms with Crippen LogP contribution in [0.1, 0.15) is 18.5 Å². The third-order valence-electron chi connectivity index (χ3n) is 3.18. The number of halogens is 3. The van der Waals surface area contributed by atoms with E-state index in [9.17, 15) is 13.2 Å². The third kappa shape index (κ3) is 2.75. The minimum absolute atomic E-state index is 0.262. The topological polar surface area (TPSA) is 28.2 Å². The van der Waals surface area contributed by atoms with E-state index >= 15 is 0 Å². The fraction of sp³-hybridized carbons (Fsp3) is 0.583. The molecule has 100 valence electrons. The van der Waals surface area contributed by atoms with Crippen molar-refractivity contribution in [3.8, 4) is 0 Å². The molecule has 1 unspecified atom stereocenters. The number of anilines is 1. The molecule has 0 aromatic carbocycles. The number of hydrogen-bond donors (Lipinski definition) is 1. The van der Waals surface area contributed by atoms with E-state index in [4.69, 9.17) is 0 Å².